The van der Waals surface area contributed by atoms with Gasteiger partial charge in [-0.1, -0.05) is 23.7 Å². The average Bonchev–Trinajstić information content (AvgIpc) is 3.25. The Morgan fingerprint density at radius 3 is 2.58 bits per heavy atom. The highest BCUT2D eigenvalue weighted by Crippen LogP contribution is 2.26. The van der Waals surface area contributed by atoms with Crippen LogP contribution in [0.5, 0.6) is 0 Å². The summed E-state index contributed by atoms with van der Waals surface area (Å²) in [6.07, 6.45) is 5.01. The van der Waals surface area contributed by atoms with Crippen LogP contribution in [0.4, 0.5) is 5.82 Å². The Bertz CT molecular complexity index is 842. The van der Waals surface area contributed by atoms with E-state index in [-0.39, 0.29) is 0 Å². The van der Waals surface area contributed by atoms with E-state index >= 15 is 0 Å². The molecule has 0 radical (unpaired) electrons. The van der Waals surface area contributed by atoms with Crippen molar-refractivity contribution in [2.75, 3.05) is 18.0 Å². The Balaban J connectivity index is 1.63. The fourth-order valence-corrected chi connectivity index (χ4v) is 3.26. The normalized spacial score (nSPS) is 16.0. The number of rotatable bonds is 4. The maximum atomic E-state index is 10.5. The molecule has 3 heterocycles. The Hall–Kier alpha value is -2.18. The average molecular weight is 344 g/mol. The second kappa shape index (κ2) is 6.37. The largest absolute Gasteiger partial charge is 0.387 e. The predicted octanol–water partition coefficient (Wildman–Crippen LogP) is 2.81. The van der Waals surface area contributed by atoms with Crippen molar-refractivity contribution < 1.29 is 5.11 Å². The Labute approximate surface area is 144 Å². The minimum absolute atomic E-state index is 0.384. The lowest BCUT2D eigenvalue weighted by molar-refractivity contribution is 0.157. The molecule has 1 unspecified atom stereocenters. The van der Waals surface area contributed by atoms with Gasteiger partial charge in [0, 0.05) is 18.1 Å². The standard InChI is InChI=1S/C17H18ClN5O/c18-13-5-3-12(4-6-13)14(24)9-23-11-21-15-16(19-10-20-17(15)23)22-7-1-2-8-22/h3-6,10-11,14,24H,1-2,7-9H2. The fourth-order valence-electron chi connectivity index (χ4n) is 3.14. The van der Waals surface area contributed by atoms with E-state index in [1.54, 1.807) is 24.8 Å². The van der Waals surface area contributed by atoms with Crippen molar-refractivity contribution in [3.8, 4) is 0 Å². The Kier molecular flexibility index (Phi) is 4.08. The lowest BCUT2D eigenvalue weighted by Gasteiger charge is -2.16. The summed E-state index contributed by atoms with van der Waals surface area (Å²) >= 11 is 5.90. The van der Waals surface area contributed by atoms with Crippen molar-refractivity contribution in [2.45, 2.75) is 25.5 Å². The van der Waals surface area contributed by atoms with Crippen LogP contribution in [0.25, 0.3) is 11.2 Å². The fraction of sp³-hybridized carbons (Fsp3) is 0.353. The molecule has 1 atom stereocenters. The highest BCUT2D eigenvalue weighted by molar-refractivity contribution is 6.30. The minimum Gasteiger partial charge on any atom is -0.387 e. The molecule has 0 amide bonds. The maximum Gasteiger partial charge on any atom is 0.165 e. The van der Waals surface area contributed by atoms with Gasteiger partial charge in [0.2, 0.25) is 0 Å². The third kappa shape index (κ3) is 2.83. The molecule has 0 bridgehead atoms. The van der Waals surface area contributed by atoms with E-state index in [0.29, 0.717) is 11.6 Å². The molecule has 6 nitrogen and oxygen atoms in total. The number of anilines is 1. The van der Waals surface area contributed by atoms with Gasteiger partial charge in [-0.05, 0) is 30.5 Å². The molecule has 24 heavy (non-hydrogen) atoms. The monoisotopic (exact) mass is 343 g/mol. The molecule has 0 aliphatic carbocycles. The smallest absolute Gasteiger partial charge is 0.165 e. The number of aromatic nitrogens is 4. The minimum atomic E-state index is -0.648. The van der Waals surface area contributed by atoms with Crippen LogP contribution < -0.4 is 4.90 Å². The van der Waals surface area contributed by atoms with Crippen molar-refractivity contribution in [3.05, 3.63) is 47.5 Å². The number of aliphatic hydroxyl groups is 1. The lowest BCUT2D eigenvalue weighted by atomic mass is 10.1. The third-order valence-corrected chi connectivity index (χ3v) is 4.66. The van der Waals surface area contributed by atoms with Crippen molar-refractivity contribution in [3.63, 3.8) is 0 Å². The molecular weight excluding hydrogens is 326 g/mol. The Morgan fingerprint density at radius 2 is 1.83 bits per heavy atom. The van der Waals surface area contributed by atoms with Crippen molar-refractivity contribution >= 4 is 28.6 Å². The van der Waals surface area contributed by atoms with Gasteiger partial charge in [-0.2, -0.15) is 0 Å². The quantitative estimate of drug-likeness (QED) is 0.789. The highest BCUT2D eigenvalue weighted by atomic mass is 35.5. The molecule has 3 aromatic rings. The molecule has 1 aromatic carbocycles. The van der Waals surface area contributed by atoms with Gasteiger partial charge in [0.1, 0.15) is 6.33 Å². The summed E-state index contributed by atoms with van der Waals surface area (Å²) in [5.74, 6) is 0.886. The van der Waals surface area contributed by atoms with E-state index < -0.39 is 6.10 Å². The summed E-state index contributed by atoms with van der Waals surface area (Å²) in [4.78, 5) is 15.5. The van der Waals surface area contributed by atoms with Crippen LogP contribution in [0.1, 0.15) is 24.5 Å². The second-order valence-corrected chi connectivity index (χ2v) is 6.46. The van der Waals surface area contributed by atoms with E-state index in [1.807, 2.05) is 16.7 Å². The summed E-state index contributed by atoms with van der Waals surface area (Å²) in [6, 6.07) is 7.22. The van der Waals surface area contributed by atoms with Crippen LogP contribution >= 0.6 is 11.6 Å². The van der Waals surface area contributed by atoms with Gasteiger partial charge in [0.15, 0.2) is 17.0 Å². The molecule has 1 fully saturated rings. The van der Waals surface area contributed by atoms with Gasteiger partial charge in [0.05, 0.1) is 19.0 Å². The number of imidazole rings is 1. The van der Waals surface area contributed by atoms with Gasteiger partial charge in [-0.3, -0.25) is 0 Å². The van der Waals surface area contributed by atoms with Crippen LogP contribution in [0.2, 0.25) is 5.02 Å². The highest BCUT2D eigenvalue weighted by Gasteiger charge is 2.20. The van der Waals surface area contributed by atoms with Crippen molar-refractivity contribution in [2.24, 2.45) is 0 Å². The first-order valence-corrected chi connectivity index (χ1v) is 8.44. The molecule has 1 aliphatic heterocycles. The van der Waals surface area contributed by atoms with E-state index in [1.165, 1.54) is 12.8 Å². The molecule has 4 rings (SSSR count). The predicted molar refractivity (Wildman–Crippen MR) is 93.2 cm³/mol. The third-order valence-electron chi connectivity index (χ3n) is 4.41. The molecule has 1 aliphatic rings. The summed E-state index contributed by atoms with van der Waals surface area (Å²) < 4.78 is 1.87. The molecule has 2 aromatic heterocycles. The Morgan fingerprint density at radius 1 is 1.08 bits per heavy atom. The van der Waals surface area contributed by atoms with Gasteiger partial charge in [0.25, 0.3) is 0 Å². The molecule has 7 heteroatoms. The number of aliphatic hydroxyl groups excluding tert-OH is 1. The zero-order chi connectivity index (χ0) is 16.5. The number of hydrogen-bond acceptors (Lipinski definition) is 5. The molecule has 124 valence electrons. The second-order valence-electron chi connectivity index (χ2n) is 6.03. The molecule has 1 N–H and O–H groups in total. The summed E-state index contributed by atoms with van der Waals surface area (Å²) in [7, 11) is 0. The van der Waals surface area contributed by atoms with Crippen molar-refractivity contribution in [1.29, 1.82) is 0 Å². The van der Waals surface area contributed by atoms with E-state index in [0.717, 1.165) is 35.6 Å². The zero-order valence-electron chi connectivity index (χ0n) is 13.1. The van der Waals surface area contributed by atoms with Crippen LogP contribution in [0.15, 0.2) is 36.9 Å². The number of benzene rings is 1. The topological polar surface area (TPSA) is 67.1 Å². The first-order chi connectivity index (χ1) is 11.7. The van der Waals surface area contributed by atoms with Crippen LogP contribution in [0.3, 0.4) is 0 Å². The number of hydrogen-bond donors (Lipinski definition) is 1. The van der Waals surface area contributed by atoms with Gasteiger partial charge in [-0.25, -0.2) is 15.0 Å². The summed E-state index contributed by atoms with van der Waals surface area (Å²) in [5.41, 5.74) is 2.36. The SMILES string of the molecule is OC(Cn1cnc2c(N3CCCC3)ncnc21)c1ccc(Cl)cc1. The van der Waals surface area contributed by atoms with Crippen LogP contribution in [-0.2, 0) is 6.54 Å². The van der Waals surface area contributed by atoms with Crippen LogP contribution in [0, 0.1) is 0 Å². The molecule has 0 saturated carbocycles. The number of nitrogens with zero attached hydrogens (tertiary/aromatic N) is 5. The van der Waals surface area contributed by atoms with E-state index in [2.05, 4.69) is 19.9 Å². The summed E-state index contributed by atoms with van der Waals surface area (Å²) in [5, 5.41) is 11.1. The summed E-state index contributed by atoms with van der Waals surface area (Å²) in [6.45, 7) is 2.40. The zero-order valence-corrected chi connectivity index (χ0v) is 13.9. The number of halogens is 1. The maximum absolute atomic E-state index is 10.5. The van der Waals surface area contributed by atoms with Gasteiger partial charge in [-0.15, -0.1) is 0 Å². The first-order valence-electron chi connectivity index (χ1n) is 8.06. The first kappa shape index (κ1) is 15.4. The number of fused-ring (bicyclic) bond motifs is 1. The van der Waals surface area contributed by atoms with Crippen LogP contribution in [-0.4, -0.2) is 37.7 Å². The van der Waals surface area contributed by atoms with Gasteiger partial charge >= 0.3 is 0 Å². The lowest BCUT2D eigenvalue weighted by Crippen LogP contribution is -2.19. The van der Waals surface area contributed by atoms with Crippen molar-refractivity contribution in [1.82, 2.24) is 19.5 Å². The van der Waals surface area contributed by atoms with E-state index in [9.17, 15) is 5.11 Å². The molecular formula is C17H18ClN5O. The molecule has 1 saturated heterocycles. The molecule has 0 spiro atoms. The van der Waals surface area contributed by atoms with Gasteiger partial charge < -0.3 is 14.6 Å². The van der Waals surface area contributed by atoms with E-state index in [4.69, 9.17) is 11.6 Å².